The van der Waals surface area contributed by atoms with Crippen LogP contribution < -0.4 is 5.32 Å². The van der Waals surface area contributed by atoms with Crippen molar-refractivity contribution in [1.29, 1.82) is 0 Å². The number of likely N-dealkylation sites (N-methyl/N-ethyl adjacent to an activating group) is 1. The molecule has 0 amide bonds. The largest absolute Gasteiger partial charge is 0.508 e. The third kappa shape index (κ3) is 4.11. The summed E-state index contributed by atoms with van der Waals surface area (Å²) in [4.78, 5) is 2.43. The maximum Gasteiger partial charge on any atom is 0.123 e. The summed E-state index contributed by atoms with van der Waals surface area (Å²) in [6, 6.07) is 5.48. The van der Waals surface area contributed by atoms with Crippen molar-refractivity contribution in [1.82, 2.24) is 10.2 Å². The van der Waals surface area contributed by atoms with E-state index in [0.717, 1.165) is 24.7 Å². The molecular formula is C15H24N2O2. The Morgan fingerprint density at radius 1 is 1.26 bits per heavy atom. The van der Waals surface area contributed by atoms with Gasteiger partial charge in [0.2, 0.25) is 0 Å². The van der Waals surface area contributed by atoms with Gasteiger partial charge in [0.15, 0.2) is 0 Å². The molecule has 0 aromatic heterocycles. The fourth-order valence-corrected chi connectivity index (χ4v) is 2.71. The van der Waals surface area contributed by atoms with Gasteiger partial charge in [0.25, 0.3) is 0 Å². The number of hydrogen-bond acceptors (Lipinski definition) is 4. The molecule has 1 aliphatic carbocycles. The maximum absolute atomic E-state index is 9.66. The summed E-state index contributed by atoms with van der Waals surface area (Å²) in [5.74, 6) is 0.249. The Kier molecular flexibility index (Phi) is 5.05. The van der Waals surface area contributed by atoms with E-state index in [4.69, 9.17) is 0 Å². The molecule has 1 aliphatic rings. The fraction of sp³-hybridized carbons (Fsp3) is 0.600. The first-order valence-electron chi connectivity index (χ1n) is 7.08. The van der Waals surface area contributed by atoms with E-state index in [1.807, 2.05) is 0 Å². The molecule has 0 radical (unpaired) electrons. The van der Waals surface area contributed by atoms with Crippen LogP contribution >= 0.6 is 0 Å². The van der Waals surface area contributed by atoms with Crippen molar-refractivity contribution in [2.45, 2.75) is 38.3 Å². The summed E-state index contributed by atoms with van der Waals surface area (Å²) in [6.45, 7) is 2.57. The summed E-state index contributed by atoms with van der Waals surface area (Å²) in [5, 5.41) is 22.2. The van der Waals surface area contributed by atoms with Gasteiger partial charge < -0.3 is 20.4 Å². The van der Waals surface area contributed by atoms with Crippen LogP contribution in [0.25, 0.3) is 0 Å². The number of phenols is 2. The van der Waals surface area contributed by atoms with Gasteiger partial charge in [-0.25, -0.2) is 0 Å². The summed E-state index contributed by atoms with van der Waals surface area (Å²) in [5.41, 5.74) is 0.821. The second-order valence-electron chi connectivity index (χ2n) is 5.41. The molecule has 0 spiro atoms. The molecule has 4 heteroatoms. The Morgan fingerprint density at radius 3 is 2.68 bits per heavy atom. The lowest BCUT2D eigenvalue weighted by Gasteiger charge is -2.24. The highest BCUT2D eigenvalue weighted by Gasteiger charge is 2.18. The van der Waals surface area contributed by atoms with E-state index >= 15 is 0 Å². The minimum atomic E-state index is 0.0993. The third-order valence-corrected chi connectivity index (χ3v) is 3.97. The van der Waals surface area contributed by atoms with Crippen molar-refractivity contribution in [2.24, 2.45) is 0 Å². The van der Waals surface area contributed by atoms with Crippen molar-refractivity contribution in [3.8, 4) is 11.5 Å². The minimum absolute atomic E-state index is 0.0993. The van der Waals surface area contributed by atoms with Gasteiger partial charge in [0.05, 0.1) is 0 Å². The van der Waals surface area contributed by atoms with Crippen molar-refractivity contribution in [3.05, 3.63) is 23.8 Å². The zero-order valence-electron chi connectivity index (χ0n) is 11.6. The van der Waals surface area contributed by atoms with E-state index in [-0.39, 0.29) is 11.5 Å². The van der Waals surface area contributed by atoms with Gasteiger partial charge in [0.1, 0.15) is 11.5 Å². The minimum Gasteiger partial charge on any atom is -0.508 e. The van der Waals surface area contributed by atoms with Gasteiger partial charge in [-0.15, -0.1) is 0 Å². The van der Waals surface area contributed by atoms with Crippen LogP contribution in [0.3, 0.4) is 0 Å². The average molecular weight is 264 g/mol. The third-order valence-electron chi connectivity index (χ3n) is 3.97. The van der Waals surface area contributed by atoms with Crippen molar-refractivity contribution < 1.29 is 10.2 Å². The highest BCUT2D eigenvalue weighted by atomic mass is 16.3. The van der Waals surface area contributed by atoms with E-state index in [0.29, 0.717) is 6.54 Å². The molecular weight excluding hydrogens is 240 g/mol. The molecule has 0 atom stereocenters. The molecule has 1 fully saturated rings. The normalized spacial score (nSPS) is 16.3. The predicted molar refractivity (Wildman–Crippen MR) is 76.4 cm³/mol. The van der Waals surface area contributed by atoms with Gasteiger partial charge in [-0.05, 0) is 26.0 Å². The van der Waals surface area contributed by atoms with E-state index in [2.05, 4.69) is 17.3 Å². The average Bonchev–Trinajstić information content (AvgIpc) is 2.90. The summed E-state index contributed by atoms with van der Waals surface area (Å²) in [7, 11) is 2.19. The molecule has 4 nitrogen and oxygen atoms in total. The summed E-state index contributed by atoms with van der Waals surface area (Å²) < 4.78 is 0. The summed E-state index contributed by atoms with van der Waals surface area (Å²) in [6.07, 6.45) is 5.39. The van der Waals surface area contributed by atoms with E-state index in [1.165, 1.54) is 31.7 Å². The first-order valence-corrected chi connectivity index (χ1v) is 7.08. The van der Waals surface area contributed by atoms with Gasteiger partial charge in [0, 0.05) is 37.3 Å². The van der Waals surface area contributed by atoms with Crippen LogP contribution in [0.5, 0.6) is 11.5 Å². The zero-order valence-corrected chi connectivity index (χ0v) is 11.6. The Morgan fingerprint density at radius 2 is 2.00 bits per heavy atom. The number of nitrogens with one attached hydrogen (secondary N) is 1. The number of nitrogens with zero attached hydrogens (tertiary/aromatic N) is 1. The van der Waals surface area contributed by atoms with Crippen molar-refractivity contribution in [3.63, 3.8) is 0 Å². The van der Waals surface area contributed by atoms with Crippen molar-refractivity contribution >= 4 is 0 Å². The predicted octanol–water partition coefficient (Wildman–Crippen LogP) is 2.06. The maximum atomic E-state index is 9.66. The molecule has 0 saturated heterocycles. The first kappa shape index (κ1) is 14.2. The number of benzene rings is 1. The van der Waals surface area contributed by atoms with E-state index < -0.39 is 0 Å². The van der Waals surface area contributed by atoms with Crippen LogP contribution in [0.15, 0.2) is 18.2 Å². The smallest absolute Gasteiger partial charge is 0.123 e. The number of hydrogen-bond donors (Lipinski definition) is 3. The highest BCUT2D eigenvalue weighted by molar-refractivity contribution is 5.38. The molecule has 0 aliphatic heterocycles. The number of aromatic hydroxyl groups is 2. The van der Waals surface area contributed by atoms with Crippen LogP contribution in [0.4, 0.5) is 0 Å². The molecule has 0 bridgehead atoms. The molecule has 3 N–H and O–H groups in total. The number of rotatable bonds is 6. The first-order chi connectivity index (χ1) is 9.16. The SMILES string of the molecule is CN(CCNCc1ccc(O)cc1O)C1CCCC1. The van der Waals surface area contributed by atoms with Crippen LogP contribution in [0.2, 0.25) is 0 Å². The van der Waals surface area contributed by atoms with Gasteiger partial charge >= 0.3 is 0 Å². The molecule has 1 aromatic carbocycles. The highest BCUT2D eigenvalue weighted by Crippen LogP contribution is 2.23. The van der Waals surface area contributed by atoms with Crippen LogP contribution in [0, 0.1) is 0 Å². The molecule has 0 heterocycles. The van der Waals surface area contributed by atoms with Crippen LogP contribution in [0.1, 0.15) is 31.2 Å². The van der Waals surface area contributed by atoms with Crippen LogP contribution in [-0.2, 0) is 6.54 Å². The van der Waals surface area contributed by atoms with E-state index in [9.17, 15) is 10.2 Å². The molecule has 1 aromatic rings. The monoisotopic (exact) mass is 264 g/mol. The molecule has 19 heavy (non-hydrogen) atoms. The lowest BCUT2D eigenvalue weighted by Crippen LogP contribution is -2.35. The second kappa shape index (κ2) is 6.78. The quantitative estimate of drug-likeness (QED) is 0.688. The Hall–Kier alpha value is -1.26. The topological polar surface area (TPSA) is 55.7 Å². The Bertz CT molecular complexity index is 403. The Balaban J connectivity index is 1.68. The van der Waals surface area contributed by atoms with Crippen molar-refractivity contribution in [2.75, 3.05) is 20.1 Å². The van der Waals surface area contributed by atoms with Gasteiger partial charge in [-0.1, -0.05) is 18.9 Å². The standard InChI is InChI=1S/C15H24N2O2/c1-17(13-4-2-3-5-13)9-8-16-11-12-6-7-14(18)10-15(12)19/h6-7,10,13,16,18-19H,2-5,8-9,11H2,1H3. The summed E-state index contributed by atoms with van der Waals surface area (Å²) >= 11 is 0. The van der Waals surface area contributed by atoms with E-state index in [1.54, 1.807) is 12.1 Å². The zero-order chi connectivity index (χ0) is 13.7. The molecule has 106 valence electrons. The second-order valence-corrected chi connectivity index (χ2v) is 5.41. The van der Waals surface area contributed by atoms with Crippen LogP contribution in [-0.4, -0.2) is 41.3 Å². The molecule has 0 unspecified atom stereocenters. The molecule has 1 saturated carbocycles. The number of phenolic OH excluding ortho intramolecular Hbond substituents is 2. The Labute approximate surface area is 115 Å². The van der Waals surface area contributed by atoms with Gasteiger partial charge in [-0.2, -0.15) is 0 Å². The van der Waals surface area contributed by atoms with Gasteiger partial charge in [-0.3, -0.25) is 0 Å². The fourth-order valence-electron chi connectivity index (χ4n) is 2.71. The lowest BCUT2D eigenvalue weighted by molar-refractivity contribution is 0.245. The lowest BCUT2D eigenvalue weighted by atomic mass is 10.2. The molecule has 2 rings (SSSR count).